The average Bonchev–Trinajstić information content (AvgIpc) is 2.98. The molecule has 0 unspecified atom stereocenters. The van der Waals surface area contributed by atoms with Crippen molar-refractivity contribution in [3.63, 3.8) is 0 Å². The second-order valence-corrected chi connectivity index (χ2v) is 7.27. The van der Waals surface area contributed by atoms with Gasteiger partial charge in [0.05, 0.1) is 0 Å². The number of hydrogen-bond acceptors (Lipinski definition) is 2. The Hall–Kier alpha value is -3.46. The zero-order valence-corrected chi connectivity index (χ0v) is 20.9. The average molecular weight is 644 g/mol. The summed E-state index contributed by atoms with van der Waals surface area (Å²) < 4.78 is 68.4. The second kappa shape index (κ2) is 12.8. The SMILES string of the molecule is [2H]C([2H])([2H])C([2H])(c1cc(-c2ccnc(-c3[c-]cccc3)c2)ccc1F)C([2H])([2H])[2H].[Ir].[c-]1ccccc1-c1ccccn1. The maximum absolute atomic E-state index is 14.5. The zero-order chi connectivity index (χ0) is 29.7. The summed E-state index contributed by atoms with van der Waals surface area (Å²) in [5.41, 5.74) is 3.60. The molecule has 0 spiro atoms. The van der Waals surface area contributed by atoms with Crippen molar-refractivity contribution in [2.45, 2.75) is 19.6 Å². The van der Waals surface area contributed by atoms with E-state index in [9.17, 15) is 4.39 Å². The number of aromatic nitrogens is 2. The number of halogens is 1. The number of pyridine rings is 2. The van der Waals surface area contributed by atoms with Crippen LogP contribution >= 0.6 is 0 Å². The van der Waals surface area contributed by atoms with Gasteiger partial charge in [0.15, 0.2) is 0 Å². The molecule has 0 aliphatic rings. The molecule has 2 heterocycles. The van der Waals surface area contributed by atoms with Gasteiger partial charge >= 0.3 is 0 Å². The Labute approximate surface area is 230 Å². The van der Waals surface area contributed by atoms with Gasteiger partial charge in [-0.15, -0.1) is 71.8 Å². The summed E-state index contributed by atoms with van der Waals surface area (Å²) in [5.74, 6) is -4.16. The first-order chi connectivity index (χ1) is 19.4. The predicted octanol–water partition coefficient (Wildman–Crippen LogP) is 8.02. The van der Waals surface area contributed by atoms with E-state index in [1.165, 1.54) is 12.3 Å². The molecule has 0 N–H and O–H groups in total. The van der Waals surface area contributed by atoms with Crippen molar-refractivity contribution in [2.24, 2.45) is 0 Å². The minimum atomic E-state index is -3.26. The van der Waals surface area contributed by atoms with Gasteiger partial charge in [-0.1, -0.05) is 38.0 Å². The number of rotatable bonds is 4. The monoisotopic (exact) mass is 644 g/mol. The molecule has 2 nitrogen and oxygen atoms in total. The third kappa shape index (κ3) is 7.02. The van der Waals surface area contributed by atoms with E-state index >= 15 is 0 Å². The summed E-state index contributed by atoms with van der Waals surface area (Å²) in [6, 6.07) is 33.9. The summed E-state index contributed by atoms with van der Waals surface area (Å²) in [4.78, 5) is 8.50. The molecule has 0 saturated heterocycles. The molecular weight excluding hydrogens is 612 g/mol. The Bertz CT molecular complexity index is 1530. The Morgan fingerprint density at radius 2 is 1.40 bits per heavy atom. The van der Waals surface area contributed by atoms with Crippen LogP contribution in [0.25, 0.3) is 33.6 Å². The minimum absolute atomic E-state index is 0. The van der Waals surface area contributed by atoms with Gasteiger partial charge in [-0.3, -0.25) is 0 Å². The molecule has 0 saturated carbocycles. The molecule has 177 valence electrons. The van der Waals surface area contributed by atoms with E-state index < -0.39 is 31.0 Å². The van der Waals surface area contributed by atoms with Crippen molar-refractivity contribution >= 4 is 0 Å². The predicted molar refractivity (Wildman–Crippen MR) is 137 cm³/mol. The summed E-state index contributed by atoms with van der Waals surface area (Å²) in [5, 5.41) is 0. The van der Waals surface area contributed by atoms with Gasteiger partial charge in [-0.2, -0.15) is 0 Å². The second-order valence-electron chi connectivity index (χ2n) is 7.27. The molecule has 0 bridgehead atoms. The fourth-order valence-corrected chi connectivity index (χ4v) is 3.28. The van der Waals surface area contributed by atoms with E-state index in [0.717, 1.165) is 29.0 Å². The topological polar surface area (TPSA) is 25.8 Å². The Kier molecular flexibility index (Phi) is 6.57. The number of nitrogens with zero attached hydrogens (tertiary/aromatic N) is 2. The van der Waals surface area contributed by atoms with Crippen molar-refractivity contribution in [2.75, 3.05) is 0 Å². The third-order valence-corrected chi connectivity index (χ3v) is 4.96. The van der Waals surface area contributed by atoms with Crippen LogP contribution in [0.15, 0.2) is 109 Å². The summed E-state index contributed by atoms with van der Waals surface area (Å²) in [6.45, 7) is -6.53. The molecule has 0 aliphatic heterocycles. The smallest absolute Gasteiger partial charge is 0.126 e. The van der Waals surface area contributed by atoms with Crippen LogP contribution in [0.5, 0.6) is 0 Å². The van der Waals surface area contributed by atoms with Crippen LogP contribution in [0.3, 0.4) is 0 Å². The van der Waals surface area contributed by atoms with Crippen molar-refractivity contribution in [1.82, 2.24) is 9.97 Å². The van der Waals surface area contributed by atoms with Crippen LogP contribution in [0.4, 0.5) is 4.39 Å². The van der Waals surface area contributed by atoms with Gasteiger partial charge in [0.2, 0.25) is 0 Å². The van der Waals surface area contributed by atoms with Crippen LogP contribution in [0, 0.1) is 17.9 Å². The Morgan fingerprint density at radius 1 is 0.743 bits per heavy atom. The molecule has 0 fully saturated rings. The molecule has 1 radical (unpaired) electrons. The quantitative estimate of drug-likeness (QED) is 0.186. The molecule has 2 aromatic heterocycles. The first-order valence-electron chi connectivity index (χ1n) is 14.0. The summed E-state index contributed by atoms with van der Waals surface area (Å²) in [6.07, 6.45) is 3.33. The van der Waals surface area contributed by atoms with Crippen LogP contribution < -0.4 is 0 Å². The van der Waals surface area contributed by atoms with Gasteiger partial charge < -0.3 is 9.97 Å². The first-order valence-corrected chi connectivity index (χ1v) is 10.5. The standard InChI is InChI=1S/C20H17FN.C11H8N.Ir/c1-14(2)18-12-16(8-9-19(18)21)17-10-11-22-20(13-17)15-6-4-3-5-7-15;1-2-6-10(7-3-1)11-8-4-5-9-12-11;/h3-6,8-14H,1-2H3;1-6,8-9H;/q2*-1;/i1D3,2D3,14D;;. The maximum Gasteiger partial charge on any atom is 0.126 e. The van der Waals surface area contributed by atoms with Gasteiger partial charge in [0.25, 0.3) is 0 Å². The van der Waals surface area contributed by atoms with E-state index in [1.807, 2.05) is 60.7 Å². The van der Waals surface area contributed by atoms with E-state index in [-0.39, 0.29) is 20.1 Å². The number of benzene rings is 3. The Morgan fingerprint density at radius 3 is 2.03 bits per heavy atom. The van der Waals surface area contributed by atoms with Crippen molar-refractivity contribution in [3.05, 3.63) is 133 Å². The Balaban J connectivity index is 0.000000310. The van der Waals surface area contributed by atoms with Gasteiger partial charge in [-0.05, 0) is 58.2 Å². The van der Waals surface area contributed by atoms with Crippen LogP contribution in [-0.2, 0) is 20.1 Å². The zero-order valence-electron chi connectivity index (χ0n) is 25.5. The molecule has 3 aromatic carbocycles. The molecule has 35 heavy (non-hydrogen) atoms. The van der Waals surface area contributed by atoms with Crippen LogP contribution in [0.1, 0.15) is 34.8 Å². The maximum atomic E-state index is 14.5. The largest absolute Gasteiger partial charge is 0.305 e. The molecule has 0 aliphatic carbocycles. The molecular formula is C31H25FIrN2-2. The molecule has 4 heteroatoms. The van der Waals surface area contributed by atoms with E-state index in [2.05, 4.69) is 22.1 Å². The molecule has 0 amide bonds. The third-order valence-electron chi connectivity index (χ3n) is 4.96. The van der Waals surface area contributed by atoms with E-state index in [0.29, 0.717) is 16.8 Å². The normalized spacial score (nSPS) is 14.1. The van der Waals surface area contributed by atoms with Crippen LogP contribution in [-0.4, -0.2) is 9.97 Å². The number of hydrogen-bond donors (Lipinski definition) is 0. The molecule has 5 aromatic rings. The fourth-order valence-electron chi connectivity index (χ4n) is 3.28. The van der Waals surface area contributed by atoms with Crippen molar-refractivity contribution in [3.8, 4) is 33.6 Å². The van der Waals surface area contributed by atoms with E-state index in [4.69, 9.17) is 9.60 Å². The first kappa shape index (κ1) is 17.9. The fraction of sp³-hybridized carbons (Fsp3) is 0.0968. The van der Waals surface area contributed by atoms with Gasteiger partial charge in [0.1, 0.15) is 5.82 Å². The van der Waals surface area contributed by atoms with Gasteiger partial charge in [0, 0.05) is 42.1 Å². The summed E-state index contributed by atoms with van der Waals surface area (Å²) in [7, 11) is 0. The van der Waals surface area contributed by atoms with Gasteiger partial charge in [-0.25, -0.2) is 4.39 Å². The summed E-state index contributed by atoms with van der Waals surface area (Å²) >= 11 is 0. The van der Waals surface area contributed by atoms with E-state index in [1.54, 1.807) is 24.4 Å². The van der Waals surface area contributed by atoms with Crippen molar-refractivity contribution in [1.29, 1.82) is 0 Å². The molecule has 5 rings (SSSR count). The molecule has 0 atom stereocenters. The van der Waals surface area contributed by atoms with Crippen molar-refractivity contribution < 1.29 is 34.1 Å². The minimum Gasteiger partial charge on any atom is -0.305 e. The van der Waals surface area contributed by atoms with Crippen LogP contribution in [0.2, 0.25) is 0 Å².